The predicted molar refractivity (Wildman–Crippen MR) is 129 cm³/mol. The third-order valence-corrected chi connectivity index (χ3v) is 5.89. The van der Waals surface area contributed by atoms with E-state index < -0.39 is 11.9 Å². The van der Waals surface area contributed by atoms with Crippen LogP contribution in [-0.2, 0) is 9.53 Å². The number of phenolic OH excluding ortho intramolecular Hbond substituents is 2. The molecule has 3 aromatic carbocycles. The molecule has 1 heterocycles. The first-order chi connectivity index (χ1) is 16.9. The maximum Gasteiger partial charge on any atom is 0.306 e. The fraction of sp³-hybridized carbons (Fsp3) is 0.185. The molecule has 0 fully saturated rings. The first-order valence-corrected chi connectivity index (χ1v) is 10.7. The Morgan fingerprint density at radius 3 is 2.31 bits per heavy atom. The van der Waals surface area contributed by atoms with E-state index in [9.17, 15) is 19.8 Å². The molecular formula is C27H24O8. The van der Waals surface area contributed by atoms with Crippen LogP contribution in [0.1, 0.15) is 23.5 Å². The summed E-state index contributed by atoms with van der Waals surface area (Å²) in [6.07, 6.45) is 1.19. The van der Waals surface area contributed by atoms with Gasteiger partial charge in [-0.15, -0.1) is 0 Å². The Kier molecular flexibility index (Phi) is 6.64. The zero-order valence-electron chi connectivity index (χ0n) is 19.4. The van der Waals surface area contributed by atoms with Gasteiger partial charge in [0.15, 0.2) is 11.5 Å². The number of ether oxygens (including phenoxy) is 3. The summed E-state index contributed by atoms with van der Waals surface area (Å²) in [4.78, 5) is 25.7. The number of phenols is 2. The van der Waals surface area contributed by atoms with E-state index in [0.717, 1.165) is 0 Å². The summed E-state index contributed by atoms with van der Waals surface area (Å²) >= 11 is 0. The summed E-state index contributed by atoms with van der Waals surface area (Å²) in [5.41, 5.74) is 1.60. The summed E-state index contributed by atoms with van der Waals surface area (Å²) in [6, 6.07) is 14.2. The molecule has 1 atom stereocenters. The maximum absolute atomic E-state index is 13.4. The second-order valence-electron chi connectivity index (χ2n) is 7.85. The van der Waals surface area contributed by atoms with E-state index >= 15 is 0 Å². The Bertz CT molecular complexity index is 1440. The van der Waals surface area contributed by atoms with Gasteiger partial charge in [0, 0.05) is 11.5 Å². The Labute approximate surface area is 200 Å². The molecule has 0 aliphatic heterocycles. The fourth-order valence-electron chi connectivity index (χ4n) is 4.09. The summed E-state index contributed by atoms with van der Waals surface area (Å²) < 4.78 is 21.5. The zero-order chi connectivity index (χ0) is 25.1. The third-order valence-electron chi connectivity index (χ3n) is 5.89. The van der Waals surface area contributed by atoms with E-state index in [1.807, 2.05) is 0 Å². The van der Waals surface area contributed by atoms with Crippen LogP contribution < -0.4 is 14.9 Å². The Balaban J connectivity index is 1.94. The van der Waals surface area contributed by atoms with E-state index in [1.165, 1.54) is 51.9 Å². The van der Waals surface area contributed by atoms with Crippen molar-refractivity contribution in [3.05, 3.63) is 82.2 Å². The minimum Gasteiger partial charge on any atom is -0.508 e. The van der Waals surface area contributed by atoms with Gasteiger partial charge in [0.25, 0.3) is 0 Å². The van der Waals surface area contributed by atoms with Crippen LogP contribution in [-0.4, -0.2) is 37.5 Å². The number of carbonyl (C=O) groups excluding carboxylic acids is 1. The van der Waals surface area contributed by atoms with Crippen LogP contribution in [0.4, 0.5) is 0 Å². The lowest BCUT2D eigenvalue weighted by Gasteiger charge is -2.20. The van der Waals surface area contributed by atoms with Gasteiger partial charge in [-0.3, -0.25) is 9.59 Å². The van der Waals surface area contributed by atoms with Crippen molar-refractivity contribution >= 4 is 16.9 Å². The average molecular weight is 476 g/mol. The van der Waals surface area contributed by atoms with E-state index in [-0.39, 0.29) is 39.9 Å². The van der Waals surface area contributed by atoms with Crippen molar-refractivity contribution in [3.8, 4) is 34.1 Å². The first-order valence-electron chi connectivity index (χ1n) is 10.7. The highest BCUT2D eigenvalue weighted by Crippen LogP contribution is 2.41. The number of aromatic hydroxyl groups is 2. The molecule has 2 N–H and O–H groups in total. The highest BCUT2D eigenvalue weighted by Gasteiger charge is 2.27. The molecule has 180 valence electrons. The van der Waals surface area contributed by atoms with Gasteiger partial charge in [0.1, 0.15) is 23.3 Å². The predicted octanol–water partition coefficient (Wildman–Crippen LogP) is 4.58. The standard InChI is InChI=1S/C27H24O8/c1-32-22-11-6-16(12-23(22)33-2)19(13-24(30)34-3)25-21(29)10-9-18-26(31)20(14-35-27(18)25)15-4-7-17(28)8-5-15/h4-12,14,19,28-29H,13H2,1-3H3/t19-/m0/s1. The SMILES string of the molecule is COC(=O)C[C@@H](c1ccc(OC)c(OC)c1)c1c(O)ccc2c(=O)c(-c3ccc(O)cc3)coc12. The van der Waals surface area contributed by atoms with Crippen molar-refractivity contribution in [3.63, 3.8) is 0 Å². The molecule has 0 bridgehead atoms. The monoisotopic (exact) mass is 476 g/mol. The number of benzene rings is 3. The summed E-state index contributed by atoms with van der Waals surface area (Å²) in [6.45, 7) is 0. The van der Waals surface area contributed by atoms with Crippen molar-refractivity contribution in [1.29, 1.82) is 0 Å². The van der Waals surface area contributed by atoms with Gasteiger partial charge >= 0.3 is 5.97 Å². The molecule has 0 unspecified atom stereocenters. The molecule has 0 spiro atoms. The normalized spacial score (nSPS) is 11.7. The smallest absolute Gasteiger partial charge is 0.306 e. The van der Waals surface area contributed by atoms with Gasteiger partial charge in [0.05, 0.1) is 38.7 Å². The number of hydrogen-bond donors (Lipinski definition) is 2. The molecular weight excluding hydrogens is 452 g/mol. The highest BCUT2D eigenvalue weighted by atomic mass is 16.5. The maximum atomic E-state index is 13.4. The van der Waals surface area contributed by atoms with Gasteiger partial charge in [-0.1, -0.05) is 18.2 Å². The molecule has 1 aromatic heterocycles. The van der Waals surface area contributed by atoms with E-state index in [0.29, 0.717) is 28.2 Å². The van der Waals surface area contributed by atoms with Crippen molar-refractivity contribution < 1.29 is 33.6 Å². The van der Waals surface area contributed by atoms with Gasteiger partial charge in [-0.05, 0) is 47.5 Å². The molecule has 0 aliphatic rings. The number of carbonyl (C=O) groups is 1. The minimum atomic E-state index is -0.714. The molecule has 8 nitrogen and oxygen atoms in total. The summed E-state index contributed by atoms with van der Waals surface area (Å²) in [5.74, 6) is -0.345. The van der Waals surface area contributed by atoms with Crippen molar-refractivity contribution in [1.82, 2.24) is 0 Å². The van der Waals surface area contributed by atoms with Crippen LogP contribution in [0.2, 0.25) is 0 Å². The number of hydrogen-bond acceptors (Lipinski definition) is 8. The summed E-state index contributed by atoms with van der Waals surface area (Å²) in [7, 11) is 4.29. The number of fused-ring (bicyclic) bond motifs is 1. The zero-order valence-corrected chi connectivity index (χ0v) is 19.4. The van der Waals surface area contributed by atoms with E-state index in [1.54, 1.807) is 30.3 Å². The van der Waals surface area contributed by atoms with Crippen molar-refractivity contribution in [2.45, 2.75) is 12.3 Å². The highest BCUT2D eigenvalue weighted by molar-refractivity contribution is 5.87. The lowest BCUT2D eigenvalue weighted by Crippen LogP contribution is -2.13. The molecule has 0 amide bonds. The van der Waals surface area contributed by atoms with Gasteiger partial charge in [-0.25, -0.2) is 0 Å². The van der Waals surface area contributed by atoms with Crippen LogP contribution in [0.5, 0.6) is 23.0 Å². The third kappa shape index (κ3) is 4.50. The Morgan fingerprint density at radius 1 is 0.943 bits per heavy atom. The molecule has 35 heavy (non-hydrogen) atoms. The van der Waals surface area contributed by atoms with E-state index in [4.69, 9.17) is 18.6 Å². The van der Waals surface area contributed by atoms with E-state index in [2.05, 4.69) is 0 Å². The fourth-order valence-corrected chi connectivity index (χ4v) is 4.09. The lowest BCUT2D eigenvalue weighted by molar-refractivity contribution is -0.140. The Hall–Kier alpha value is -4.46. The minimum absolute atomic E-state index is 0.0757. The van der Waals surface area contributed by atoms with Crippen LogP contribution in [0, 0.1) is 0 Å². The van der Waals surface area contributed by atoms with Crippen molar-refractivity contribution in [2.75, 3.05) is 21.3 Å². The first kappa shape index (κ1) is 23.7. The molecule has 0 radical (unpaired) electrons. The second kappa shape index (κ2) is 9.80. The van der Waals surface area contributed by atoms with Gasteiger partial charge < -0.3 is 28.8 Å². The van der Waals surface area contributed by atoms with Crippen molar-refractivity contribution in [2.24, 2.45) is 0 Å². The molecule has 4 rings (SSSR count). The molecule has 8 heteroatoms. The largest absolute Gasteiger partial charge is 0.508 e. The lowest BCUT2D eigenvalue weighted by atomic mass is 9.86. The topological polar surface area (TPSA) is 115 Å². The van der Waals surface area contributed by atoms with Crippen LogP contribution in [0.15, 0.2) is 70.1 Å². The van der Waals surface area contributed by atoms with Gasteiger partial charge in [0.2, 0.25) is 5.43 Å². The molecule has 0 saturated heterocycles. The van der Waals surface area contributed by atoms with Crippen LogP contribution >= 0.6 is 0 Å². The number of rotatable bonds is 7. The molecule has 4 aromatic rings. The average Bonchev–Trinajstić information content (AvgIpc) is 2.88. The quantitative estimate of drug-likeness (QED) is 0.372. The molecule has 0 saturated carbocycles. The number of esters is 1. The molecule has 0 aliphatic carbocycles. The summed E-state index contributed by atoms with van der Waals surface area (Å²) in [5, 5.41) is 20.7. The van der Waals surface area contributed by atoms with Crippen LogP contribution in [0.25, 0.3) is 22.1 Å². The number of methoxy groups -OCH3 is 3. The second-order valence-corrected chi connectivity index (χ2v) is 7.85. The Morgan fingerprint density at radius 2 is 1.66 bits per heavy atom. The van der Waals surface area contributed by atoms with Crippen LogP contribution in [0.3, 0.4) is 0 Å². The van der Waals surface area contributed by atoms with Gasteiger partial charge in [-0.2, -0.15) is 0 Å².